The van der Waals surface area contributed by atoms with Crippen LogP contribution in [0.25, 0.3) is 55.2 Å². The number of nitrogens with zero attached hydrogens (tertiary/aromatic N) is 2. The van der Waals surface area contributed by atoms with Gasteiger partial charge in [-0.2, -0.15) is 0 Å². The molecular weight excluding hydrogens is 665 g/mol. The Labute approximate surface area is 248 Å². The quantitative estimate of drug-likeness (QED) is 0.136. The van der Waals surface area contributed by atoms with Crippen molar-refractivity contribution in [1.29, 1.82) is 0 Å². The van der Waals surface area contributed by atoms with E-state index in [4.69, 9.17) is 0 Å². The smallest absolute Gasteiger partial charge is 0.0190 e. The van der Waals surface area contributed by atoms with Gasteiger partial charge in [-0.05, 0) is 63.1 Å². The molecule has 1 radical (unpaired) electrons. The van der Waals surface area contributed by atoms with Gasteiger partial charge < -0.3 is 9.97 Å². The molecule has 195 valence electrons. The van der Waals surface area contributed by atoms with Crippen molar-refractivity contribution in [1.82, 2.24) is 9.97 Å². The Kier molecular flexibility index (Phi) is 8.56. The molecule has 0 unspecified atom stereocenters. The first-order chi connectivity index (χ1) is 19.3. The van der Waals surface area contributed by atoms with Crippen LogP contribution < -0.4 is 0 Å². The summed E-state index contributed by atoms with van der Waals surface area (Å²) < 4.78 is 0. The van der Waals surface area contributed by atoms with Gasteiger partial charge in [0.15, 0.2) is 0 Å². The van der Waals surface area contributed by atoms with Crippen molar-refractivity contribution in [3.8, 4) is 33.6 Å². The van der Waals surface area contributed by atoms with Crippen LogP contribution in [0.15, 0.2) is 140 Å². The van der Waals surface area contributed by atoms with E-state index in [9.17, 15) is 0 Å². The standard InChI is InChI=1S/C25H16N.C12H10N.Ir/c1-2-11-21-19(8-1)17-24(23-13-4-3-12-22(21)23)18-9-7-10-20(16-18)25-14-5-6-15-26-25;1-10-7-8-12(13-9-10)11-5-3-2-4-6-11;/h1-9,11-17H;2-5,7-9H,1H3;/q2*-1;. The number of fused-ring (bicyclic) bond motifs is 3. The van der Waals surface area contributed by atoms with Crippen molar-refractivity contribution >= 4 is 21.5 Å². The topological polar surface area (TPSA) is 25.8 Å². The summed E-state index contributed by atoms with van der Waals surface area (Å²) in [6, 6.07) is 50.1. The number of benzene rings is 5. The van der Waals surface area contributed by atoms with E-state index in [1.807, 2.05) is 73.9 Å². The third-order valence-corrected chi connectivity index (χ3v) is 6.72. The first-order valence-corrected chi connectivity index (χ1v) is 13.0. The molecular formula is C37H26IrN2-2. The summed E-state index contributed by atoms with van der Waals surface area (Å²) in [5.41, 5.74) is 7.59. The molecule has 0 bridgehead atoms. The van der Waals surface area contributed by atoms with Gasteiger partial charge in [-0.3, -0.25) is 0 Å². The normalized spacial score (nSPS) is 10.4. The van der Waals surface area contributed by atoms with Crippen molar-refractivity contribution < 1.29 is 20.1 Å². The molecule has 0 aliphatic heterocycles. The van der Waals surface area contributed by atoms with Crippen LogP contribution in [0.1, 0.15) is 5.56 Å². The maximum atomic E-state index is 4.46. The van der Waals surface area contributed by atoms with Gasteiger partial charge in [0.1, 0.15) is 0 Å². The molecule has 40 heavy (non-hydrogen) atoms. The third kappa shape index (κ3) is 5.92. The Morgan fingerprint density at radius 2 is 1.27 bits per heavy atom. The van der Waals surface area contributed by atoms with Crippen molar-refractivity contribution in [2.75, 3.05) is 0 Å². The van der Waals surface area contributed by atoms with E-state index in [0.717, 1.165) is 22.5 Å². The fourth-order valence-corrected chi connectivity index (χ4v) is 4.78. The zero-order chi connectivity index (χ0) is 26.4. The fraction of sp³-hybridized carbons (Fsp3) is 0.0270. The monoisotopic (exact) mass is 691 g/mol. The number of aryl methyl sites for hydroxylation is 1. The second-order valence-corrected chi connectivity index (χ2v) is 9.39. The maximum Gasteiger partial charge on any atom is 0.0190 e. The minimum Gasteiger partial charge on any atom is -0.305 e. The van der Waals surface area contributed by atoms with Gasteiger partial charge >= 0.3 is 0 Å². The molecule has 2 heterocycles. The molecule has 2 aromatic heterocycles. The van der Waals surface area contributed by atoms with Gasteiger partial charge in [-0.25, -0.2) is 0 Å². The molecule has 5 aromatic carbocycles. The second-order valence-electron chi connectivity index (χ2n) is 9.39. The van der Waals surface area contributed by atoms with Gasteiger partial charge in [0.05, 0.1) is 0 Å². The van der Waals surface area contributed by atoms with Crippen molar-refractivity contribution in [2.24, 2.45) is 0 Å². The van der Waals surface area contributed by atoms with E-state index in [1.165, 1.54) is 38.2 Å². The first kappa shape index (κ1) is 27.1. The number of hydrogen-bond donors (Lipinski definition) is 0. The van der Waals surface area contributed by atoms with Crippen molar-refractivity contribution in [3.05, 3.63) is 157 Å². The van der Waals surface area contributed by atoms with Gasteiger partial charge in [-0.15, -0.1) is 71.3 Å². The summed E-state index contributed by atoms with van der Waals surface area (Å²) in [4.78, 5) is 8.78. The van der Waals surface area contributed by atoms with Gasteiger partial charge in [0.25, 0.3) is 0 Å². The average molecular weight is 691 g/mol. The van der Waals surface area contributed by atoms with Crippen molar-refractivity contribution in [2.45, 2.75) is 6.92 Å². The van der Waals surface area contributed by atoms with E-state index in [2.05, 4.69) is 94.9 Å². The summed E-state index contributed by atoms with van der Waals surface area (Å²) in [5.74, 6) is 0. The van der Waals surface area contributed by atoms with Gasteiger partial charge in [0.2, 0.25) is 0 Å². The van der Waals surface area contributed by atoms with Crippen LogP contribution in [0.4, 0.5) is 0 Å². The number of pyridine rings is 2. The molecule has 0 atom stereocenters. The van der Waals surface area contributed by atoms with E-state index >= 15 is 0 Å². The summed E-state index contributed by atoms with van der Waals surface area (Å²) in [5, 5.41) is 5.10. The molecule has 0 N–H and O–H groups in total. The van der Waals surface area contributed by atoms with Crippen LogP contribution in [-0.2, 0) is 20.1 Å². The minimum absolute atomic E-state index is 0. The Morgan fingerprint density at radius 1 is 0.550 bits per heavy atom. The molecule has 0 amide bonds. The van der Waals surface area contributed by atoms with Crippen molar-refractivity contribution in [3.63, 3.8) is 0 Å². The molecule has 7 aromatic rings. The Bertz CT molecular complexity index is 1850. The molecule has 0 aliphatic carbocycles. The fourth-order valence-electron chi connectivity index (χ4n) is 4.78. The van der Waals surface area contributed by atoms with Crippen LogP contribution in [0, 0.1) is 19.1 Å². The summed E-state index contributed by atoms with van der Waals surface area (Å²) in [6.45, 7) is 2.03. The number of aromatic nitrogens is 2. The predicted octanol–water partition coefficient (Wildman–Crippen LogP) is 9.38. The minimum atomic E-state index is 0. The SMILES string of the molecule is Cc1ccc(-c2[c-]cccc2)nc1.[Ir].[c-]1ccc(-c2cc3ccccc3c3ccccc23)cc1-c1ccccn1. The molecule has 2 nitrogen and oxygen atoms in total. The van der Waals surface area contributed by atoms with E-state index < -0.39 is 0 Å². The Balaban J connectivity index is 0.000000195. The summed E-state index contributed by atoms with van der Waals surface area (Å²) in [6.07, 6.45) is 3.69. The van der Waals surface area contributed by atoms with Gasteiger partial charge in [-0.1, -0.05) is 72.8 Å². The van der Waals surface area contributed by atoms with Crippen LogP contribution in [-0.4, -0.2) is 9.97 Å². The summed E-state index contributed by atoms with van der Waals surface area (Å²) >= 11 is 0. The molecule has 0 aliphatic rings. The molecule has 7 rings (SSSR count). The molecule has 0 fully saturated rings. The van der Waals surface area contributed by atoms with Crippen LogP contribution >= 0.6 is 0 Å². The van der Waals surface area contributed by atoms with Crippen LogP contribution in [0.2, 0.25) is 0 Å². The maximum absolute atomic E-state index is 4.46. The van der Waals surface area contributed by atoms with E-state index in [-0.39, 0.29) is 20.1 Å². The Morgan fingerprint density at radius 3 is 2.02 bits per heavy atom. The van der Waals surface area contributed by atoms with E-state index in [0.29, 0.717) is 0 Å². The third-order valence-electron chi connectivity index (χ3n) is 6.72. The largest absolute Gasteiger partial charge is 0.305 e. The van der Waals surface area contributed by atoms with Crippen LogP contribution in [0.3, 0.4) is 0 Å². The van der Waals surface area contributed by atoms with Crippen LogP contribution in [0.5, 0.6) is 0 Å². The molecule has 0 saturated heterocycles. The molecule has 0 saturated carbocycles. The first-order valence-electron chi connectivity index (χ1n) is 13.0. The zero-order valence-corrected chi connectivity index (χ0v) is 24.4. The molecule has 0 spiro atoms. The summed E-state index contributed by atoms with van der Waals surface area (Å²) in [7, 11) is 0. The average Bonchev–Trinajstić information content (AvgIpc) is 3.02. The number of rotatable bonds is 3. The van der Waals surface area contributed by atoms with E-state index in [1.54, 1.807) is 0 Å². The second kappa shape index (κ2) is 12.6. The predicted molar refractivity (Wildman–Crippen MR) is 162 cm³/mol. The number of hydrogen-bond acceptors (Lipinski definition) is 2. The van der Waals surface area contributed by atoms with Gasteiger partial charge in [0, 0.05) is 32.5 Å². The zero-order valence-electron chi connectivity index (χ0n) is 22.0. The molecule has 3 heteroatoms. The Hall–Kier alpha value is -4.43.